The lowest BCUT2D eigenvalue weighted by atomic mass is 10.0. The minimum atomic E-state index is -0.146. The maximum absolute atomic E-state index is 12.3. The Morgan fingerprint density at radius 3 is 2.83 bits per heavy atom. The van der Waals surface area contributed by atoms with Gasteiger partial charge in [0.15, 0.2) is 0 Å². The van der Waals surface area contributed by atoms with Crippen LogP contribution in [0.4, 0.5) is 5.69 Å². The highest BCUT2D eigenvalue weighted by Crippen LogP contribution is 2.36. The number of rotatable bonds is 3. The Bertz CT molecular complexity index is 903. The molecule has 0 fully saturated rings. The number of amides is 1. The van der Waals surface area contributed by atoms with E-state index < -0.39 is 0 Å². The van der Waals surface area contributed by atoms with Gasteiger partial charge in [-0.15, -0.1) is 0 Å². The molecule has 4 rings (SSSR count). The molecule has 1 aromatic heterocycles. The highest BCUT2D eigenvalue weighted by Gasteiger charge is 2.22. The Hall–Kier alpha value is -2.79. The normalized spacial score (nSPS) is 12.0. The first-order valence-electron chi connectivity index (χ1n) is 7.53. The Kier molecular flexibility index (Phi) is 3.70. The number of hydrogen-bond acceptors (Lipinski definition) is 3. The molecule has 0 aliphatic carbocycles. The smallest absolute Gasteiger partial charge is 0.246 e. The van der Waals surface area contributed by atoms with Crippen LogP contribution in [0.1, 0.15) is 5.56 Å². The zero-order chi connectivity index (χ0) is 16.5. The molecule has 2 aromatic carbocycles. The molecular weight excluding hydrogens is 326 g/mol. The monoisotopic (exact) mass is 339 g/mol. The van der Waals surface area contributed by atoms with Gasteiger partial charge in [0, 0.05) is 21.8 Å². The fourth-order valence-corrected chi connectivity index (χ4v) is 2.90. The summed E-state index contributed by atoms with van der Waals surface area (Å²) in [6.45, 7) is 0.595. The van der Waals surface area contributed by atoms with Crippen LogP contribution in [0, 0.1) is 0 Å². The average molecular weight is 340 g/mol. The number of carbonyl (C=O) groups excluding carboxylic acids is 1. The van der Waals surface area contributed by atoms with Gasteiger partial charge < -0.3 is 10.1 Å². The maximum atomic E-state index is 12.3. The number of para-hydroxylation sites is 1. The van der Waals surface area contributed by atoms with Crippen LogP contribution in [0.3, 0.4) is 0 Å². The van der Waals surface area contributed by atoms with Crippen LogP contribution in [0.2, 0.25) is 5.02 Å². The van der Waals surface area contributed by atoms with Crippen LogP contribution >= 0.6 is 11.6 Å². The molecule has 3 aromatic rings. The summed E-state index contributed by atoms with van der Waals surface area (Å²) >= 11 is 5.85. The first kappa shape index (κ1) is 14.8. The fourth-order valence-electron chi connectivity index (χ4n) is 2.77. The van der Waals surface area contributed by atoms with Crippen molar-refractivity contribution in [2.75, 3.05) is 5.32 Å². The van der Waals surface area contributed by atoms with E-state index in [4.69, 9.17) is 16.3 Å². The van der Waals surface area contributed by atoms with E-state index in [1.807, 2.05) is 24.3 Å². The molecule has 0 spiro atoms. The average Bonchev–Trinajstić information content (AvgIpc) is 3.00. The number of benzene rings is 2. The van der Waals surface area contributed by atoms with Crippen molar-refractivity contribution in [3.63, 3.8) is 0 Å². The van der Waals surface area contributed by atoms with Gasteiger partial charge in [0.2, 0.25) is 5.91 Å². The van der Waals surface area contributed by atoms with Crippen molar-refractivity contribution in [1.29, 1.82) is 0 Å². The highest BCUT2D eigenvalue weighted by molar-refractivity contribution is 6.30. The number of nitrogens with one attached hydrogen (secondary N) is 1. The molecule has 1 aliphatic heterocycles. The third-order valence-electron chi connectivity index (χ3n) is 3.86. The summed E-state index contributed by atoms with van der Waals surface area (Å²) < 4.78 is 7.42. The van der Waals surface area contributed by atoms with E-state index in [1.54, 1.807) is 35.1 Å². The standard InChI is InChI=1S/C18H14ClN3O2/c19-13-5-7-14(8-6-13)21-17(23)10-22-18-12(9-20-22)11-24-16-4-2-1-3-15(16)18/h1-9H,10-11H2,(H,21,23). The Morgan fingerprint density at radius 1 is 1.21 bits per heavy atom. The van der Waals surface area contributed by atoms with Crippen molar-refractivity contribution in [3.8, 4) is 17.0 Å². The van der Waals surface area contributed by atoms with E-state index in [2.05, 4.69) is 10.4 Å². The van der Waals surface area contributed by atoms with Gasteiger partial charge in [-0.3, -0.25) is 9.48 Å². The molecule has 0 unspecified atom stereocenters. The lowest BCUT2D eigenvalue weighted by Gasteiger charge is -2.19. The molecule has 0 saturated carbocycles. The minimum Gasteiger partial charge on any atom is -0.488 e. The van der Waals surface area contributed by atoms with E-state index >= 15 is 0 Å². The van der Waals surface area contributed by atoms with E-state index in [1.165, 1.54) is 0 Å². The lowest BCUT2D eigenvalue weighted by Crippen LogP contribution is -2.20. The topological polar surface area (TPSA) is 56.2 Å². The molecule has 0 radical (unpaired) electrons. The molecule has 1 amide bonds. The molecule has 5 nitrogen and oxygen atoms in total. The summed E-state index contributed by atoms with van der Waals surface area (Å²) in [5, 5.41) is 7.83. The van der Waals surface area contributed by atoms with Crippen molar-refractivity contribution in [2.24, 2.45) is 0 Å². The van der Waals surface area contributed by atoms with E-state index in [9.17, 15) is 4.79 Å². The van der Waals surface area contributed by atoms with Gasteiger partial charge in [-0.1, -0.05) is 23.7 Å². The van der Waals surface area contributed by atoms with Crippen molar-refractivity contribution < 1.29 is 9.53 Å². The fraction of sp³-hybridized carbons (Fsp3) is 0.111. The highest BCUT2D eigenvalue weighted by atomic mass is 35.5. The number of hydrogen-bond donors (Lipinski definition) is 1. The Balaban J connectivity index is 1.57. The van der Waals surface area contributed by atoms with E-state index in [0.29, 0.717) is 17.3 Å². The number of nitrogens with zero attached hydrogens (tertiary/aromatic N) is 2. The van der Waals surface area contributed by atoms with Crippen LogP contribution in [0.15, 0.2) is 54.7 Å². The molecule has 2 heterocycles. The molecule has 24 heavy (non-hydrogen) atoms. The number of fused-ring (bicyclic) bond motifs is 3. The van der Waals surface area contributed by atoms with Crippen LogP contribution in [0.25, 0.3) is 11.3 Å². The summed E-state index contributed by atoms with van der Waals surface area (Å²) in [5.41, 5.74) is 3.57. The molecule has 1 aliphatic rings. The van der Waals surface area contributed by atoms with E-state index in [0.717, 1.165) is 22.6 Å². The van der Waals surface area contributed by atoms with Crippen LogP contribution in [-0.4, -0.2) is 15.7 Å². The van der Waals surface area contributed by atoms with Gasteiger partial charge >= 0.3 is 0 Å². The molecule has 0 atom stereocenters. The third kappa shape index (κ3) is 2.74. The minimum absolute atomic E-state index is 0.131. The Morgan fingerprint density at radius 2 is 2.00 bits per heavy atom. The van der Waals surface area contributed by atoms with Gasteiger partial charge in [0.1, 0.15) is 18.9 Å². The van der Waals surface area contributed by atoms with Gasteiger partial charge in [-0.25, -0.2) is 0 Å². The second-order valence-corrected chi connectivity index (χ2v) is 5.95. The van der Waals surface area contributed by atoms with Crippen molar-refractivity contribution in [1.82, 2.24) is 9.78 Å². The van der Waals surface area contributed by atoms with Gasteiger partial charge in [-0.2, -0.15) is 5.10 Å². The lowest BCUT2D eigenvalue weighted by molar-refractivity contribution is -0.116. The van der Waals surface area contributed by atoms with Crippen molar-refractivity contribution in [2.45, 2.75) is 13.2 Å². The molecule has 1 N–H and O–H groups in total. The van der Waals surface area contributed by atoms with Crippen LogP contribution in [-0.2, 0) is 17.9 Å². The molecule has 0 saturated heterocycles. The summed E-state index contributed by atoms with van der Waals surface area (Å²) in [5.74, 6) is 0.664. The van der Waals surface area contributed by atoms with Crippen LogP contribution < -0.4 is 10.1 Å². The van der Waals surface area contributed by atoms with Crippen molar-refractivity contribution in [3.05, 3.63) is 65.3 Å². The second kappa shape index (κ2) is 6.02. The maximum Gasteiger partial charge on any atom is 0.246 e. The SMILES string of the molecule is O=C(Cn1ncc2c1-c1ccccc1OC2)Nc1ccc(Cl)cc1. The summed E-state index contributed by atoms with van der Waals surface area (Å²) in [6, 6.07) is 14.8. The quantitative estimate of drug-likeness (QED) is 0.791. The summed E-state index contributed by atoms with van der Waals surface area (Å²) in [6.07, 6.45) is 1.75. The number of aromatic nitrogens is 2. The third-order valence-corrected chi connectivity index (χ3v) is 4.11. The second-order valence-electron chi connectivity index (χ2n) is 5.52. The zero-order valence-electron chi connectivity index (χ0n) is 12.7. The Labute approximate surface area is 143 Å². The number of halogens is 1. The predicted molar refractivity (Wildman–Crippen MR) is 92.1 cm³/mol. The van der Waals surface area contributed by atoms with E-state index in [-0.39, 0.29) is 12.5 Å². The summed E-state index contributed by atoms with van der Waals surface area (Å²) in [4.78, 5) is 12.3. The molecule has 0 bridgehead atoms. The largest absolute Gasteiger partial charge is 0.488 e. The molecular formula is C18H14ClN3O2. The first-order chi connectivity index (χ1) is 11.7. The van der Waals surface area contributed by atoms with Gasteiger partial charge in [-0.05, 0) is 36.4 Å². The van der Waals surface area contributed by atoms with Crippen molar-refractivity contribution >= 4 is 23.2 Å². The predicted octanol–water partition coefficient (Wildman–Crippen LogP) is 3.73. The first-order valence-corrected chi connectivity index (χ1v) is 7.91. The summed E-state index contributed by atoms with van der Waals surface area (Å²) in [7, 11) is 0. The molecule has 6 heteroatoms. The number of ether oxygens (including phenoxy) is 1. The zero-order valence-corrected chi connectivity index (χ0v) is 13.5. The molecule has 120 valence electrons. The number of anilines is 1. The van der Waals surface area contributed by atoms with Gasteiger partial charge in [0.05, 0.1) is 11.9 Å². The van der Waals surface area contributed by atoms with Gasteiger partial charge in [0.25, 0.3) is 0 Å². The number of carbonyl (C=O) groups is 1. The van der Waals surface area contributed by atoms with Crippen LogP contribution in [0.5, 0.6) is 5.75 Å².